The lowest BCUT2D eigenvalue weighted by Crippen LogP contribution is -2.42. The zero-order valence-corrected chi connectivity index (χ0v) is 13.8. The number of carbonyl (C=O) groups is 1. The van der Waals surface area contributed by atoms with Crippen LogP contribution in [-0.2, 0) is 0 Å². The first-order valence-electron chi connectivity index (χ1n) is 7.58. The van der Waals surface area contributed by atoms with Crippen LogP contribution >= 0.6 is 11.6 Å². The van der Waals surface area contributed by atoms with E-state index in [1.807, 2.05) is 4.90 Å². The van der Waals surface area contributed by atoms with Crippen molar-refractivity contribution in [2.24, 2.45) is 5.92 Å². The van der Waals surface area contributed by atoms with Crippen molar-refractivity contribution in [2.45, 2.75) is 32.7 Å². The van der Waals surface area contributed by atoms with E-state index in [0.717, 1.165) is 32.5 Å². The van der Waals surface area contributed by atoms with E-state index in [-0.39, 0.29) is 5.91 Å². The summed E-state index contributed by atoms with van der Waals surface area (Å²) in [6.07, 6.45) is 3.70. The molecule has 0 aromatic carbocycles. The number of likely N-dealkylation sites (tertiary alicyclic amines) is 1. The maximum Gasteiger partial charge on any atom is 0.272 e. The van der Waals surface area contributed by atoms with Crippen LogP contribution < -0.4 is 0 Å². The van der Waals surface area contributed by atoms with E-state index in [9.17, 15) is 4.79 Å². The highest BCUT2D eigenvalue weighted by molar-refractivity contribution is 6.30. The summed E-state index contributed by atoms with van der Waals surface area (Å²) in [7, 11) is 2.16. The second-order valence-electron chi connectivity index (χ2n) is 6.13. The molecule has 2 rings (SSSR count). The molecule has 1 amide bonds. The lowest BCUT2D eigenvalue weighted by molar-refractivity contribution is 0.0660. The van der Waals surface area contributed by atoms with Crippen molar-refractivity contribution in [2.75, 3.05) is 26.7 Å². The minimum atomic E-state index is -0.00633. The molecule has 1 aromatic heterocycles. The van der Waals surface area contributed by atoms with Crippen molar-refractivity contribution in [3.05, 3.63) is 29.0 Å². The van der Waals surface area contributed by atoms with Crippen LogP contribution in [0.1, 0.15) is 37.2 Å². The van der Waals surface area contributed by atoms with E-state index >= 15 is 0 Å². The van der Waals surface area contributed by atoms with Crippen LogP contribution in [0, 0.1) is 5.92 Å². The van der Waals surface area contributed by atoms with Gasteiger partial charge in [-0.2, -0.15) is 0 Å². The van der Waals surface area contributed by atoms with Gasteiger partial charge in [-0.3, -0.25) is 9.78 Å². The first kappa shape index (κ1) is 16.2. The van der Waals surface area contributed by atoms with Crippen molar-refractivity contribution in [1.29, 1.82) is 0 Å². The largest absolute Gasteiger partial charge is 0.337 e. The topological polar surface area (TPSA) is 36.4 Å². The van der Waals surface area contributed by atoms with Crippen LogP contribution in [0.25, 0.3) is 0 Å². The van der Waals surface area contributed by atoms with Crippen molar-refractivity contribution < 1.29 is 4.79 Å². The monoisotopic (exact) mass is 309 g/mol. The smallest absolute Gasteiger partial charge is 0.272 e. The van der Waals surface area contributed by atoms with Gasteiger partial charge in [0.2, 0.25) is 0 Å². The van der Waals surface area contributed by atoms with Crippen molar-refractivity contribution in [1.82, 2.24) is 14.8 Å². The average Bonchev–Trinajstić information content (AvgIpc) is 2.47. The van der Waals surface area contributed by atoms with Gasteiger partial charge in [0.05, 0.1) is 0 Å². The molecular weight excluding hydrogens is 286 g/mol. The molecule has 0 bridgehead atoms. The van der Waals surface area contributed by atoms with Gasteiger partial charge in [0.15, 0.2) is 0 Å². The maximum absolute atomic E-state index is 12.4. The van der Waals surface area contributed by atoms with Gasteiger partial charge in [-0.05, 0) is 51.8 Å². The summed E-state index contributed by atoms with van der Waals surface area (Å²) in [4.78, 5) is 20.8. The molecule has 0 aliphatic carbocycles. The molecule has 1 aromatic rings. The summed E-state index contributed by atoms with van der Waals surface area (Å²) in [5, 5.41) is 0.557. The number of aromatic nitrogens is 1. The highest BCUT2D eigenvalue weighted by Crippen LogP contribution is 2.20. The van der Waals surface area contributed by atoms with Gasteiger partial charge in [0.1, 0.15) is 5.69 Å². The zero-order chi connectivity index (χ0) is 15.4. The molecule has 0 N–H and O–H groups in total. The molecule has 0 saturated carbocycles. The van der Waals surface area contributed by atoms with Crippen LogP contribution in [0.2, 0.25) is 5.02 Å². The first-order valence-corrected chi connectivity index (χ1v) is 7.96. The minimum Gasteiger partial charge on any atom is -0.337 e. The normalized spacial score (nSPS) is 16.8. The molecule has 5 heteroatoms. The molecule has 21 heavy (non-hydrogen) atoms. The van der Waals surface area contributed by atoms with Gasteiger partial charge in [-0.15, -0.1) is 0 Å². The molecule has 1 aliphatic heterocycles. The van der Waals surface area contributed by atoms with Crippen molar-refractivity contribution in [3.63, 3.8) is 0 Å². The molecular formula is C16H24ClN3O. The Hall–Kier alpha value is -1.13. The average molecular weight is 310 g/mol. The summed E-state index contributed by atoms with van der Waals surface area (Å²) in [6.45, 7) is 7.15. The second kappa shape index (κ2) is 7.23. The van der Waals surface area contributed by atoms with Gasteiger partial charge < -0.3 is 9.80 Å². The molecule has 0 unspecified atom stereocenters. The Morgan fingerprint density at radius 1 is 1.48 bits per heavy atom. The van der Waals surface area contributed by atoms with Crippen LogP contribution in [-0.4, -0.2) is 53.4 Å². The quantitative estimate of drug-likeness (QED) is 0.858. The molecule has 0 radical (unpaired) electrons. The van der Waals surface area contributed by atoms with Crippen LogP contribution in [0.15, 0.2) is 18.3 Å². The fourth-order valence-corrected chi connectivity index (χ4v) is 2.78. The standard InChI is InChI=1S/C16H24ClN3O/c1-12(2)19(3)11-13-5-8-20(9-6-13)16(21)15-10-14(17)4-7-18-15/h4,7,10,12-13H,5-6,8-9,11H2,1-3H3. The van der Waals surface area contributed by atoms with E-state index in [1.54, 1.807) is 18.3 Å². The summed E-state index contributed by atoms with van der Waals surface area (Å²) >= 11 is 5.92. The highest BCUT2D eigenvalue weighted by atomic mass is 35.5. The van der Waals surface area contributed by atoms with E-state index in [2.05, 4.69) is 30.8 Å². The van der Waals surface area contributed by atoms with Gasteiger partial charge in [-0.1, -0.05) is 11.6 Å². The third kappa shape index (κ3) is 4.42. The van der Waals surface area contributed by atoms with Gasteiger partial charge in [-0.25, -0.2) is 0 Å². The van der Waals surface area contributed by atoms with E-state index < -0.39 is 0 Å². The van der Waals surface area contributed by atoms with E-state index in [1.165, 1.54) is 0 Å². The Balaban J connectivity index is 1.87. The Morgan fingerprint density at radius 2 is 2.14 bits per heavy atom. The Kier molecular flexibility index (Phi) is 5.59. The van der Waals surface area contributed by atoms with Crippen molar-refractivity contribution >= 4 is 17.5 Å². The first-order chi connectivity index (χ1) is 9.97. The number of hydrogen-bond donors (Lipinski definition) is 0. The Morgan fingerprint density at radius 3 is 2.71 bits per heavy atom. The summed E-state index contributed by atoms with van der Waals surface area (Å²) in [6, 6.07) is 3.90. The lowest BCUT2D eigenvalue weighted by Gasteiger charge is -2.34. The number of hydrogen-bond acceptors (Lipinski definition) is 3. The number of amides is 1. The lowest BCUT2D eigenvalue weighted by atomic mass is 9.95. The number of halogens is 1. The van der Waals surface area contributed by atoms with Crippen LogP contribution in [0.3, 0.4) is 0 Å². The third-order valence-electron chi connectivity index (χ3n) is 4.27. The van der Waals surface area contributed by atoms with Gasteiger partial charge in [0.25, 0.3) is 5.91 Å². The Labute approximate surface area is 132 Å². The third-order valence-corrected chi connectivity index (χ3v) is 4.51. The van der Waals surface area contributed by atoms with Gasteiger partial charge >= 0.3 is 0 Å². The molecule has 2 heterocycles. The van der Waals surface area contributed by atoms with Crippen LogP contribution in [0.4, 0.5) is 0 Å². The number of piperidine rings is 1. The van der Waals surface area contributed by atoms with Crippen LogP contribution in [0.5, 0.6) is 0 Å². The minimum absolute atomic E-state index is 0.00633. The zero-order valence-electron chi connectivity index (χ0n) is 13.1. The second-order valence-corrected chi connectivity index (χ2v) is 6.56. The molecule has 116 valence electrons. The summed E-state index contributed by atoms with van der Waals surface area (Å²) in [5.74, 6) is 0.668. The maximum atomic E-state index is 12.4. The number of pyridine rings is 1. The van der Waals surface area contributed by atoms with E-state index in [0.29, 0.717) is 22.7 Å². The molecule has 0 atom stereocenters. The SMILES string of the molecule is CC(C)N(C)CC1CCN(C(=O)c2cc(Cl)ccn2)CC1. The van der Waals surface area contributed by atoms with Gasteiger partial charge in [0, 0.05) is 36.9 Å². The number of nitrogens with zero attached hydrogens (tertiary/aromatic N) is 3. The summed E-state index contributed by atoms with van der Waals surface area (Å²) < 4.78 is 0. The Bertz CT molecular complexity index is 484. The molecule has 1 fully saturated rings. The molecule has 0 spiro atoms. The molecule has 4 nitrogen and oxygen atoms in total. The van der Waals surface area contributed by atoms with Crippen molar-refractivity contribution in [3.8, 4) is 0 Å². The molecule has 1 aliphatic rings. The fourth-order valence-electron chi connectivity index (χ4n) is 2.62. The molecule has 1 saturated heterocycles. The fraction of sp³-hybridized carbons (Fsp3) is 0.625. The predicted octanol–water partition coefficient (Wildman–Crippen LogP) is 2.93. The highest BCUT2D eigenvalue weighted by Gasteiger charge is 2.25. The number of carbonyl (C=O) groups excluding carboxylic acids is 1. The summed E-state index contributed by atoms with van der Waals surface area (Å²) in [5.41, 5.74) is 0.445. The number of rotatable bonds is 4. The van der Waals surface area contributed by atoms with E-state index in [4.69, 9.17) is 11.6 Å². The predicted molar refractivity (Wildman–Crippen MR) is 85.6 cm³/mol.